The molecule has 3 rings (SSSR count). The number of hydrogen-bond acceptors (Lipinski definition) is 4. The molecule has 1 aromatic heterocycles. The number of hydrogen-bond donors (Lipinski definition) is 2. The van der Waals surface area contributed by atoms with Crippen molar-refractivity contribution in [2.24, 2.45) is 0 Å². The molecule has 0 aromatic carbocycles. The highest BCUT2D eigenvalue weighted by atomic mass is 16.2. The van der Waals surface area contributed by atoms with Crippen molar-refractivity contribution in [1.29, 1.82) is 5.26 Å². The maximum Gasteiger partial charge on any atom is 0.239 e. The predicted octanol–water partition coefficient (Wildman–Crippen LogP) is 1.52. The molecule has 1 fully saturated rings. The molecule has 2 aliphatic rings. The van der Waals surface area contributed by atoms with Gasteiger partial charge in [-0.15, -0.1) is 0 Å². The molecule has 0 atom stereocenters. The lowest BCUT2D eigenvalue weighted by atomic mass is 9.95. The van der Waals surface area contributed by atoms with Crippen LogP contribution in [0.3, 0.4) is 0 Å². The zero-order valence-corrected chi connectivity index (χ0v) is 11.4. The van der Waals surface area contributed by atoms with Gasteiger partial charge in [-0.2, -0.15) is 5.26 Å². The van der Waals surface area contributed by atoms with Crippen molar-refractivity contribution in [3.63, 3.8) is 0 Å². The highest BCUT2D eigenvalue weighted by molar-refractivity contribution is 5.81. The molecule has 0 saturated heterocycles. The number of aryl methyl sites for hydroxylation is 2. The van der Waals surface area contributed by atoms with Crippen LogP contribution in [0, 0.1) is 11.3 Å². The van der Waals surface area contributed by atoms with Gasteiger partial charge in [-0.25, -0.2) is 4.98 Å². The van der Waals surface area contributed by atoms with E-state index in [0.717, 1.165) is 44.2 Å². The van der Waals surface area contributed by atoms with Crippen LogP contribution in [0.15, 0.2) is 6.07 Å². The van der Waals surface area contributed by atoms with E-state index in [4.69, 9.17) is 0 Å². The predicted molar refractivity (Wildman–Crippen MR) is 75.2 cm³/mol. The van der Waals surface area contributed by atoms with Gasteiger partial charge >= 0.3 is 0 Å². The van der Waals surface area contributed by atoms with Gasteiger partial charge in [0.1, 0.15) is 11.9 Å². The number of carbonyl (C=O) groups excluding carboxylic acids is 1. The zero-order chi connectivity index (χ0) is 13.9. The molecule has 2 aliphatic carbocycles. The summed E-state index contributed by atoms with van der Waals surface area (Å²) in [5.41, 5.74) is 2.78. The average molecular weight is 270 g/mol. The van der Waals surface area contributed by atoms with E-state index < -0.39 is 0 Å². The first-order valence-electron chi connectivity index (χ1n) is 7.22. The van der Waals surface area contributed by atoms with Crippen LogP contribution in [0.4, 0.5) is 5.82 Å². The van der Waals surface area contributed by atoms with Crippen LogP contribution in [-0.4, -0.2) is 23.5 Å². The van der Waals surface area contributed by atoms with Gasteiger partial charge in [0.05, 0.1) is 12.1 Å². The van der Waals surface area contributed by atoms with Crippen LogP contribution in [0.25, 0.3) is 0 Å². The third-order valence-electron chi connectivity index (χ3n) is 3.78. The fourth-order valence-electron chi connectivity index (χ4n) is 2.52. The monoisotopic (exact) mass is 270 g/mol. The molecule has 5 nitrogen and oxygen atoms in total. The Morgan fingerprint density at radius 3 is 2.95 bits per heavy atom. The number of rotatable bonds is 4. The Bertz CT molecular complexity index is 572. The van der Waals surface area contributed by atoms with Gasteiger partial charge < -0.3 is 10.6 Å². The summed E-state index contributed by atoms with van der Waals surface area (Å²) in [4.78, 5) is 16.2. The fourth-order valence-corrected chi connectivity index (χ4v) is 2.52. The van der Waals surface area contributed by atoms with E-state index in [1.165, 1.54) is 5.56 Å². The Labute approximate surface area is 118 Å². The maximum absolute atomic E-state index is 11.7. The number of carbonyl (C=O) groups is 1. The van der Waals surface area contributed by atoms with Gasteiger partial charge in [-0.3, -0.25) is 4.79 Å². The second kappa shape index (κ2) is 5.49. The molecule has 0 aliphatic heterocycles. The van der Waals surface area contributed by atoms with Crippen LogP contribution >= 0.6 is 0 Å². The normalized spacial score (nSPS) is 16.9. The van der Waals surface area contributed by atoms with E-state index in [2.05, 4.69) is 21.7 Å². The van der Waals surface area contributed by atoms with E-state index in [0.29, 0.717) is 17.4 Å². The fraction of sp³-hybridized carbons (Fsp3) is 0.533. The number of pyridine rings is 1. The van der Waals surface area contributed by atoms with Crippen LogP contribution in [0.5, 0.6) is 0 Å². The van der Waals surface area contributed by atoms with Gasteiger partial charge in [0.2, 0.25) is 5.91 Å². The molecule has 0 unspecified atom stereocenters. The average Bonchev–Trinajstić information content (AvgIpc) is 3.28. The number of fused-ring (bicyclic) bond motifs is 1. The van der Waals surface area contributed by atoms with Gasteiger partial charge in [0.25, 0.3) is 0 Å². The first kappa shape index (κ1) is 12.9. The highest BCUT2D eigenvalue weighted by Crippen LogP contribution is 2.24. The lowest BCUT2D eigenvalue weighted by Crippen LogP contribution is -2.31. The molecule has 0 radical (unpaired) electrons. The number of amides is 1. The summed E-state index contributed by atoms with van der Waals surface area (Å²) >= 11 is 0. The molecular weight excluding hydrogens is 252 g/mol. The smallest absolute Gasteiger partial charge is 0.239 e. The third-order valence-corrected chi connectivity index (χ3v) is 3.78. The molecule has 5 heteroatoms. The number of aromatic nitrogens is 1. The zero-order valence-electron chi connectivity index (χ0n) is 11.4. The Balaban J connectivity index is 1.70. The van der Waals surface area contributed by atoms with Crippen molar-refractivity contribution in [2.45, 2.75) is 44.6 Å². The summed E-state index contributed by atoms with van der Waals surface area (Å²) in [5, 5.41) is 15.1. The van der Waals surface area contributed by atoms with Gasteiger partial charge in [-0.05, 0) is 50.2 Å². The molecule has 1 saturated carbocycles. The minimum absolute atomic E-state index is 0.0316. The number of nitrogens with zero attached hydrogens (tertiary/aromatic N) is 2. The van der Waals surface area contributed by atoms with Crippen LogP contribution < -0.4 is 10.6 Å². The first-order chi connectivity index (χ1) is 9.76. The third kappa shape index (κ3) is 2.90. The number of anilines is 1. The quantitative estimate of drug-likeness (QED) is 0.869. The lowest BCUT2D eigenvalue weighted by molar-refractivity contribution is -0.119. The molecule has 1 amide bonds. The standard InChI is InChI=1S/C15H18N4O/c16-8-11-7-10-3-1-2-4-13(10)19-15(11)17-9-14(20)18-12-5-6-12/h7,12H,1-6,9H2,(H,17,19)(H,18,20). The summed E-state index contributed by atoms with van der Waals surface area (Å²) in [6.45, 7) is 0.178. The van der Waals surface area contributed by atoms with Gasteiger partial charge in [0, 0.05) is 11.7 Å². The summed E-state index contributed by atoms with van der Waals surface area (Å²) in [6.07, 6.45) is 6.42. The van der Waals surface area contributed by atoms with Crippen molar-refractivity contribution in [2.75, 3.05) is 11.9 Å². The highest BCUT2D eigenvalue weighted by Gasteiger charge is 2.23. The Morgan fingerprint density at radius 1 is 1.40 bits per heavy atom. The second-order valence-corrected chi connectivity index (χ2v) is 5.50. The number of nitriles is 1. The van der Waals surface area contributed by atoms with Crippen molar-refractivity contribution in [1.82, 2.24) is 10.3 Å². The molecular formula is C15H18N4O. The first-order valence-corrected chi connectivity index (χ1v) is 7.22. The van der Waals surface area contributed by atoms with E-state index in [1.54, 1.807) is 0 Å². The number of nitrogens with one attached hydrogen (secondary N) is 2. The van der Waals surface area contributed by atoms with Gasteiger partial charge in [0.15, 0.2) is 0 Å². The topological polar surface area (TPSA) is 77.8 Å². The largest absolute Gasteiger partial charge is 0.360 e. The molecule has 20 heavy (non-hydrogen) atoms. The molecule has 1 heterocycles. The lowest BCUT2D eigenvalue weighted by Gasteiger charge is -2.17. The van der Waals surface area contributed by atoms with E-state index in [1.807, 2.05) is 6.07 Å². The summed E-state index contributed by atoms with van der Waals surface area (Å²) in [6, 6.07) is 4.44. The van der Waals surface area contributed by atoms with Crippen LogP contribution in [0.2, 0.25) is 0 Å². The minimum atomic E-state index is -0.0316. The van der Waals surface area contributed by atoms with Gasteiger partial charge in [-0.1, -0.05) is 0 Å². The molecule has 2 N–H and O–H groups in total. The molecule has 0 bridgehead atoms. The van der Waals surface area contributed by atoms with Crippen LogP contribution in [-0.2, 0) is 17.6 Å². The van der Waals surface area contributed by atoms with E-state index in [-0.39, 0.29) is 12.5 Å². The maximum atomic E-state index is 11.7. The molecule has 0 spiro atoms. The Hall–Kier alpha value is -2.09. The molecule has 104 valence electrons. The second-order valence-electron chi connectivity index (χ2n) is 5.50. The minimum Gasteiger partial charge on any atom is -0.360 e. The summed E-state index contributed by atoms with van der Waals surface area (Å²) in [5.74, 6) is 0.509. The molecule has 1 aromatic rings. The van der Waals surface area contributed by atoms with Crippen molar-refractivity contribution in [3.05, 3.63) is 22.9 Å². The van der Waals surface area contributed by atoms with Crippen LogP contribution in [0.1, 0.15) is 42.5 Å². The van der Waals surface area contributed by atoms with Crippen molar-refractivity contribution < 1.29 is 4.79 Å². The van der Waals surface area contributed by atoms with Crippen molar-refractivity contribution in [3.8, 4) is 6.07 Å². The Kier molecular flexibility index (Phi) is 3.55. The summed E-state index contributed by atoms with van der Waals surface area (Å²) < 4.78 is 0. The summed E-state index contributed by atoms with van der Waals surface area (Å²) in [7, 11) is 0. The Morgan fingerprint density at radius 2 is 2.20 bits per heavy atom. The van der Waals surface area contributed by atoms with Crippen molar-refractivity contribution >= 4 is 11.7 Å². The SMILES string of the molecule is N#Cc1cc2c(nc1NCC(=O)NC1CC1)CCCC2. The van der Waals surface area contributed by atoms with E-state index in [9.17, 15) is 10.1 Å². The van der Waals surface area contributed by atoms with E-state index >= 15 is 0 Å².